The molecule has 1 fully saturated rings. The highest BCUT2D eigenvalue weighted by atomic mass is 35.5. The maximum absolute atomic E-state index is 10.5. The van der Waals surface area contributed by atoms with Gasteiger partial charge in [0.15, 0.2) is 0 Å². The van der Waals surface area contributed by atoms with Gasteiger partial charge in [0, 0.05) is 13.2 Å². The summed E-state index contributed by atoms with van der Waals surface area (Å²) in [6, 6.07) is -0.0128. The molecule has 15 heavy (non-hydrogen) atoms. The van der Waals surface area contributed by atoms with Crippen LogP contribution < -0.4 is 5.73 Å². The molecule has 1 rings (SSSR count). The van der Waals surface area contributed by atoms with Crippen LogP contribution in [0.15, 0.2) is 16.9 Å². The Morgan fingerprint density at radius 1 is 1.60 bits per heavy atom. The minimum atomic E-state index is -0.648. The van der Waals surface area contributed by atoms with Crippen LogP contribution in [0, 0.1) is 10.1 Å². The third kappa shape index (κ3) is 3.49. The molecule has 0 aromatic rings. The van der Waals surface area contributed by atoms with Crippen molar-refractivity contribution in [3.63, 3.8) is 0 Å². The third-order valence-corrected chi connectivity index (χ3v) is 2.34. The quantitative estimate of drug-likeness (QED) is 0.445. The molecular formula is C8H12ClN3O3. The summed E-state index contributed by atoms with van der Waals surface area (Å²) in [5.74, 6) is 0. The molecule has 6 nitrogen and oxygen atoms in total. The number of halogens is 1. The van der Waals surface area contributed by atoms with Crippen LogP contribution in [0.1, 0.15) is 12.8 Å². The predicted octanol–water partition coefficient (Wildman–Crippen LogP) is 0.879. The first-order valence-electron chi connectivity index (χ1n) is 4.53. The number of nitrogens with two attached hydrogens (primary N) is 1. The molecule has 0 radical (unpaired) electrons. The number of hydrogen-bond acceptors (Lipinski definition) is 5. The van der Waals surface area contributed by atoms with E-state index in [2.05, 4.69) is 4.99 Å². The van der Waals surface area contributed by atoms with Crippen LogP contribution in [0.5, 0.6) is 0 Å². The SMILES string of the molecule is NC=C(C(Cl)=NC1CCOCC1)[N+](=O)[O-]. The topological polar surface area (TPSA) is 90.8 Å². The lowest BCUT2D eigenvalue weighted by Gasteiger charge is -2.18. The molecule has 0 aromatic heterocycles. The van der Waals surface area contributed by atoms with Gasteiger partial charge in [-0.1, -0.05) is 11.6 Å². The van der Waals surface area contributed by atoms with Gasteiger partial charge < -0.3 is 10.5 Å². The van der Waals surface area contributed by atoms with E-state index in [0.717, 1.165) is 19.0 Å². The van der Waals surface area contributed by atoms with Gasteiger partial charge in [0.2, 0.25) is 5.17 Å². The largest absolute Gasteiger partial charge is 0.399 e. The predicted molar refractivity (Wildman–Crippen MR) is 56.4 cm³/mol. The van der Waals surface area contributed by atoms with Crippen LogP contribution in [0.4, 0.5) is 0 Å². The molecule has 0 amide bonds. The average Bonchev–Trinajstić information content (AvgIpc) is 2.19. The molecule has 7 heteroatoms. The Hall–Kier alpha value is -1.14. The summed E-state index contributed by atoms with van der Waals surface area (Å²) in [7, 11) is 0. The van der Waals surface area contributed by atoms with E-state index in [1.807, 2.05) is 0 Å². The summed E-state index contributed by atoms with van der Waals surface area (Å²) < 4.78 is 5.13. The smallest absolute Gasteiger partial charge is 0.321 e. The van der Waals surface area contributed by atoms with Gasteiger partial charge in [0.25, 0.3) is 0 Å². The Kier molecular flexibility index (Phi) is 4.51. The summed E-state index contributed by atoms with van der Waals surface area (Å²) in [6.45, 7) is 1.22. The maximum Gasteiger partial charge on any atom is 0.321 e. The van der Waals surface area contributed by atoms with Gasteiger partial charge in [-0.15, -0.1) is 0 Å². The Labute approximate surface area is 91.9 Å². The van der Waals surface area contributed by atoms with Crippen LogP contribution in [0.25, 0.3) is 0 Å². The second kappa shape index (κ2) is 5.67. The number of ether oxygens (including phenoxy) is 1. The second-order valence-corrected chi connectivity index (χ2v) is 3.43. The number of allylic oxidation sites excluding steroid dienone is 1. The van der Waals surface area contributed by atoms with Crippen molar-refractivity contribution in [2.45, 2.75) is 18.9 Å². The standard InChI is InChI=1S/C8H12ClN3O3/c9-8(7(5-10)12(13)14)11-6-1-3-15-4-2-6/h5-6H,1-4,10H2. The first-order chi connectivity index (χ1) is 7.15. The fourth-order valence-corrected chi connectivity index (χ4v) is 1.52. The Balaban J connectivity index is 2.68. The molecule has 0 aromatic carbocycles. The fraction of sp³-hybridized carbons (Fsp3) is 0.625. The molecule has 84 valence electrons. The lowest BCUT2D eigenvalue weighted by Crippen LogP contribution is -2.20. The minimum Gasteiger partial charge on any atom is -0.399 e. The molecule has 0 atom stereocenters. The Morgan fingerprint density at radius 3 is 2.67 bits per heavy atom. The van der Waals surface area contributed by atoms with Crippen LogP contribution >= 0.6 is 11.6 Å². The van der Waals surface area contributed by atoms with Crippen molar-refractivity contribution in [1.82, 2.24) is 0 Å². The minimum absolute atomic E-state index is 0.0128. The van der Waals surface area contributed by atoms with E-state index in [9.17, 15) is 10.1 Å². The average molecular weight is 234 g/mol. The van der Waals surface area contributed by atoms with Crippen molar-refractivity contribution < 1.29 is 9.66 Å². The molecule has 1 saturated heterocycles. The van der Waals surface area contributed by atoms with Crippen LogP contribution in [0.3, 0.4) is 0 Å². The summed E-state index contributed by atoms with van der Waals surface area (Å²) in [6.07, 6.45) is 2.31. The molecule has 0 saturated carbocycles. The fourth-order valence-electron chi connectivity index (χ4n) is 1.25. The van der Waals surface area contributed by atoms with E-state index in [1.165, 1.54) is 0 Å². The number of hydrogen-bond donors (Lipinski definition) is 1. The normalized spacial score (nSPS) is 20.3. The molecule has 1 aliphatic heterocycles. The molecule has 0 unspecified atom stereocenters. The Bertz CT molecular complexity index is 298. The Morgan fingerprint density at radius 2 is 2.20 bits per heavy atom. The molecule has 0 bridgehead atoms. The summed E-state index contributed by atoms with van der Waals surface area (Å²) in [5.41, 5.74) is 4.73. The number of nitrogens with zero attached hydrogens (tertiary/aromatic N) is 2. The van der Waals surface area contributed by atoms with Crippen molar-refractivity contribution in [2.75, 3.05) is 13.2 Å². The van der Waals surface area contributed by atoms with Crippen LogP contribution in [-0.2, 0) is 4.74 Å². The molecule has 1 aliphatic rings. The summed E-state index contributed by atoms with van der Waals surface area (Å²) >= 11 is 5.69. The van der Waals surface area contributed by atoms with E-state index in [4.69, 9.17) is 22.1 Å². The molecule has 0 aliphatic carbocycles. The highest BCUT2D eigenvalue weighted by Gasteiger charge is 2.20. The summed E-state index contributed by atoms with van der Waals surface area (Å²) in [5, 5.41) is 10.3. The maximum atomic E-state index is 10.5. The van der Waals surface area contributed by atoms with Crippen molar-refractivity contribution in [2.24, 2.45) is 10.7 Å². The zero-order chi connectivity index (χ0) is 11.3. The van der Waals surface area contributed by atoms with Crippen molar-refractivity contribution in [1.29, 1.82) is 0 Å². The zero-order valence-electron chi connectivity index (χ0n) is 8.06. The first-order valence-corrected chi connectivity index (χ1v) is 4.90. The molecule has 0 spiro atoms. The zero-order valence-corrected chi connectivity index (χ0v) is 8.81. The van der Waals surface area contributed by atoms with Gasteiger partial charge in [-0.25, -0.2) is 0 Å². The van der Waals surface area contributed by atoms with Gasteiger partial charge in [-0.3, -0.25) is 15.1 Å². The highest BCUT2D eigenvalue weighted by molar-refractivity contribution is 6.69. The van der Waals surface area contributed by atoms with Crippen molar-refractivity contribution in [3.05, 3.63) is 22.0 Å². The van der Waals surface area contributed by atoms with E-state index < -0.39 is 4.92 Å². The van der Waals surface area contributed by atoms with E-state index >= 15 is 0 Å². The lowest BCUT2D eigenvalue weighted by molar-refractivity contribution is -0.414. The molecular weight excluding hydrogens is 222 g/mol. The monoisotopic (exact) mass is 233 g/mol. The highest BCUT2D eigenvalue weighted by Crippen LogP contribution is 2.13. The van der Waals surface area contributed by atoms with Crippen molar-refractivity contribution >= 4 is 16.8 Å². The van der Waals surface area contributed by atoms with Gasteiger partial charge in [-0.2, -0.15) is 0 Å². The van der Waals surface area contributed by atoms with Crippen LogP contribution in [0.2, 0.25) is 0 Å². The van der Waals surface area contributed by atoms with Gasteiger partial charge in [0.05, 0.1) is 17.2 Å². The van der Waals surface area contributed by atoms with Gasteiger partial charge in [0.1, 0.15) is 0 Å². The van der Waals surface area contributed by atoms with Gasteiger partial charge >= 0.3 is 5.70 Å². The third-order valence-electron chi connectivity index (χ3n) is 2.05. The first kappa shape index (κ1) is 11.9. The lowest BCUT2D eigenvalue weighted by atomic mass is 10.1. The van der Waals surface area contributed by atoms with Crippen LogP contribution in [-0.4, -0.2) is 29.3 Å². The van der Waals surface area contributed by atoms with Crippen molar-refractivity contribution in [3.8, 4) is 0 Å². The molecule has 1 heterocycles. The number of rotatable bonds is 3. The number of nitro groups is 1. The van der Waals surface area contributed by atoms with E-state index in [-0.39, 0.29) is 16.9 Å². The van der Waals surface area contributed by atoms with Gasteiger partial charge in [-0.05, 0) is 12.8 Å². The summed E-state index contributed by atoms with van der Waals surface area (Å²) in [4.78, 5) is 13.9. The second-order valence-electron chi connectivity index (χ2n) is 3.07. The molecule has 2 N–H and O–H groups in total. The van der Waals surface area contributed by atoms with E-state index in [0.29, 0.717) is 13.2 Å². The number of aliphatic imine (C=N–C) groups is 1. The van der Waals surface area contributed by atoms with E-state index in [1.54, 1.807) is 0 Å².